The van der Waals surface area contributed by atoms with Crippen molar-refractivity contribution < 1.29 is 0 Å². The summed E-state index contributed by atoms with van der Waals surface area (Å²) in [5.74, 6) is 0. The normalized spacial score (nSPS) is 10.8. The van der Waals surface area contributed by atoms with E-state index in [1.165, 1.54) is 11.1 Å². The maximum atomic E-state index is 3.79. The minimum absolute atomic E-state index is 1.00. The fraction of sp³-hybridized carbons (Fsp3) is 0.200. The number of allylic oxidation sites excluding steroid dienone is 4. The van der Waals surface area contributed by atoms with Gasteiger partial charge in [-0.3, -0.25) is 0 Å². The van der Waals surface area contributed by atoms with Gasteiger partial charge in [0.05, 0.1) is 0 Å². The first kappa shape index (κ1) is 12.3. The van der Waals surface area contributed by atoms with Crippen LogP contribution in [0.3, 0.4) is 0 Å². The van der Waals surface area contributed by atoms with Gasteiger partial charge in [0.25, 0.3) is 0 Å². The summed E-state index contributed by atoms with van der Waals surface area (Å²) >= 11 is 0. The van der Waals surface area contributed by atoms with Gasteiger partial charge in [0.15, 0.2) is 0 Å². The van der Waals surface area contributed by atoms with Crippen molar-refractivity contribution in [2.24, 2.45) is 0 Å². The molecule has 0 bridgehead atoms. The Morgan fingerprint density at radius 2 is 1.75 bits per heavy atom. The van der Waals surface area contributed by atoms with Crippen molar-refractivity contribution in [2.75, 3.05) is 5.32 Å². The molecule has 1 aromatic carbocycles. The summed E-state index contributed by atoms with van der Waals surface area (Å²) in [6.07, 6.45) is 5.92. The average molecular weight is 213 g/mol. The van der Waals surface area contributed by atoms with Gasteiger partial charge in [0, 0.05) is 11.4 Å². The van der Waals surface area contributed by atoms with Gasteiger partial charge in [-0.25, -0.2) is 0 Å². The number of benzene rings is 1. The number of hydrogen-bond donors (Lipinski definition) is 1. The Hall–Kier alpha value is -1.76. The second-order valence-corrected chi connectivity index (χ2v) is 4.06. The van der Waals surface area contributed by atoms with Crippen molar-refractivity contribution in [2.45, 2.75) is 20.8 Å². The molecule has 0 spiro atoms. The highest BCUT2D eigenvalue weighted by Gasteiger charge is 1.92. The van der Waals surface area contributed by atoms with Crippen LogP contribution < -0.4 is 5.32 Å². The molecule has 16 heavy (non-hydrogen) atoms. The van der Waals surface area contributed by atoms with Crippen LogP contribution in [0.25, 0.3) is 0 Å². The molecule has 0 atom stereocenters. The predicted molar refractivity (Wildman–Crippen MR) is 72.5 cm³/mol. The molecular formula is C15H19N. The molecule has 0 unspecified atom stereocenters. The quantitative estimate of drug-likeness (QED) is 0.729. The van der Waals surface area contributed by atoms with Gasteiger partial charge in [-0.15, -0.1) is 0 Å². The number of hydrogen-bond acceptors (Lipinski definition) is 1. The summed E-state index contributed by atoms with van der Waals surface area (Å²) in [6.45, 7) is 10.0. The summed E-state index contributed by atoms with van der Waals surface area (Å²) in [6, 6.07) is 8.30. The van der Waals surface area contributed by atoms with Crippen LogP contribution >= 0.6 is 0 Å². The topological polar surface area (TPSA) is 12.0 Å². The molecule has 0 heterocycles. The number of aryl methyl sites for hydroxylation is 1. The Kier molecular flexibility index (Phi) is 4.59. The van der Waals surface area contributed by atoms with Gasteiger partial charge < -0.3 is 5.32 Å². The van der Waals surface area contributed by atoms with E-state index in [1.807, 2.05) is 12.2 Å². The fourth-order valence-corrected chi connectivity index (χ4v) is 1.22. The van der Waals surface area contributed by atoms with Crippen LogP contribution in [0.4, 0.5) is 5.69 Å². The summed E-state index contributed by atoms with van der Waals surface area (Å²) in [4.78, 5) is 0. The fourth-order valence-electron chi connectivity index (χ4n) is 1.22. The first-order chi connectivity index (χ1) is 7.61. The molecule has 1 nitrogen and oxygen atoms in total. The minimum Gasteiger partial charge on any atom is -0.356 e. The van der Waals surface area contributed by atoms with E-state index in [-0.39, 0.29) is 0 Å². The summed E-state index contributed by atoms with van der Waals surface area (Å²) in [5.41, 5.74) is 4.62. The second-order valence-electron chi connectivity index (χ2n) is 4.06. The third-order valence-corrected chi connectivity index (χ3v) is 2.16. The van der Waals surface area contributed by atoms with E-state index in [0.29, 0.717) is 0 Å². The first-order valence-electron chi connectivity index (χ1n) is 5.43. The molecule has 0 saturated heterocycles. The molecular weight excluding hydrogens is 194 g/mol. The highest BCUT2D eigenvalue weighted by molar-refractivity contribution is 5.51. The molecule has 0 amide bonds. The van der Waals surface area contributed by atoms with Crippen molar-refractivity contribution >= 4 is 5.69 Å². The van der Waals surface area contributed by atoms with Crippen molar-refractivity contribution in [3.05, 3.63) is 65.9 Å². The lowest BCUT2D eigenvalue weighted by atomic mass is 10.2. The zero-order valence-electron chi connectivity index (χ0n) is 10.2. The zero-order valence-corrected chi connectivity index (χ0v) is 10.2. The van der Waals surface area contributed by atoms with Crippen LogP contribution in [0.5, 0.6) is 0 Å². The van der Waals surface area contributed by atoms with Crippen molar-refractivity contribution in [3.8, 4) is 0 Å². The Balaban J connectivity index is 2.78. The molecule has 1 heteroatoms. The Morgan fingerprint density at radius 3 is 2.25 bits per heavy atom. The van der Waals surface area contributed by atoms with Gasteiger partial charge in [-0.2, -0.15) is 0 Å². The van der Waals surface area contributed by atoms with Crippen LogP contribution in [0.2, 0.25) is 0 Å². The maximum Gasteiger partial charge on any atom is 0.0384 e. The van der Waals surface area contributed by atoms with E-state index in [1.54, 1.807) is 0 Å². The van der Waals surface area contributed by atoms with E-state index in [2.05, 4.69) is 63.0 Å². The molecule has 0 fully saturated rings. The lowest BCUT2D eigenvalue weighted by Crippen LogP contribution is -1.95. The molecule has 0 aliphatic carbocycles. The summed E-state index contributed by atoms with van der Waals surface area (Å²) < 4.78 is 0. The molecule has 1 aromatic rings. The van der Waals surface area contributed by atoms with Crippen molar-refractivity contribution in [1.29, 1.82) is 0 Å². The average Bonchev–Trinajstić information content (AvgIpc) is 2.26. The highest BCUT2D eigenvalue weighted by Crippen LogP contribution is 2.12. The standard InChI is InChI=1S/C15H19N/c1-5-14(9-6-12(2)3)16-15-10-7-13(4)8-11-15/h5-11,16H,1H2,2-4H3/b14-9+. The van der Waals surface area contributed by atoms with E-state index < -0.39 is 0 Å². The summed E-state index contributed by atoms with van der Waals surface area (Å²) in [5, 5.41) is 3.31. The van der Waals surface area contributed by atoms with E-state index in [4.69, 9.17) is 0 Å². The third-order valence-electron chi connectivity index (χ3n) is 2.16. The number of anilines is 1. The third kappa shape index (κ3) is 4.18. The van der Waals surface area contributed by atoms with Crippen LogP contribution in [-0.4, -0.2) is 0 Å². The van der Waals surface area contributed by atoms with Gasteiger partial charge in [-0.05, 0) is 45.1 Å². The van der Waals surface area contributed by atoms with Gasteiger partial charge in [0.1, 0.15) is 0 Å². The SMILES string of the molecule is C=C/C(=C\C=C(C)C)Nc1ccc(C)cc1. The second kappa shape index (κ2) is 5.96. The highest BCUT2D eigenvalue weighted by atomic mass is 14.9. The maximum absolute atomic E-state index is 3.79. The lowest BCUT2D eigenvalue weighted by Gasteiger charge is -2.06. The van der Waals surface area contributed by atoms with E-state index in [9.17, 15) is 0 Å². The van der Waals surface area contributed by atoms with Crippen LogP contribution in [0.15, 0.2) is 60.3 Å². The molecule has 0 aliphatic heterocycles. The Labute approximate surface area is 98.2 Å². The molecule has 0 aliphatic rings. The van der Waals surface area contributed by atoms with Crippen LogP contribution in [-0.2, 0) is 0 Å². The molecule has 0 saturated carbocycles. The molecule has 1 N–H and O–H groups in total. The van der Waals surface area contributed by atoms with Crippen LogP contribution in [0.1, 0.15) is 19.4 Å². The number of nitrogens with one attached hydrogen (secondary N) is 1. The minimum atomic E-state index is 1.00. The predicted octanol–water partition coefficient (Wildman–Crippen LogP) is 4.44. The molecule has 1 rings (SSSR count). The van der Waals surface area contributed by atoms with Crippen molar-refractivity contribution in [1.82, 2.24) is 0 Å². The molecule has 84 valence electrons. The first-order valence-corrected chi connectivity index (χ1v) is 5.43. The van der Waals surface area contributed by atoms with Gasteiger partial charge in [0.2, 0.25) is 0 Å². The Bertz CT molecular complexity index is 404. The Morgan fingerprint density at radius 1 is 1.12 bits per heavy atom. The largest absolute Gasteiger partial charge is 0.356 e. The monoisotopic (exact) mass is 213 g/mol. The van der Waals surface area contributed by atoms with E-state index >= 15 is 0 Å². The molecule has 0 radical (unpaired) electrons. The van der Waals surface area contributed by atoms with Crippen LogP contribution in [0, 0.1) is 6.92 Å². The van der Waals surface area contributed by atoms with Gasteiger partial charge in [-0.1, -0.05) is 35.9 Å². The lowest BCUT2D eigenvalue weighted by molar-refractivity contribution is 1.38. The molecule has 0 aromatic heterocycles. The summed E-state index contributed by atoms with van der Waals surface area (Å²) in [7, 11) is 0. The van der Waals surface area contributed by atoms with Crippen molar-refractivity contribution in [3.63, 3.8) is 0 Å². The smallest absolute Gasteiger partial charge is 0.0384 e. The van der Waals surface area contributed by atoms with E-state index in [0.717, 1.165) is 11.4 Å². The zero-order chi connectivity index (χ0) is 12.0. The number of rotatable bonds is 4. The van der Waals surface area contributed by atoms with Gasteiger partial charge >= 0.3 is 0 Å².